The Morgan fingerprint density at radius 3 is 2.72 bits per heavy atom. The van der Waals surface area contributed by atoms with Gasteiger partial charge in [0.25, 0.3) is 0 Å². The van der Waals surface area contributed by atoms with Gasteiger partial charge in [-0.05, 0) is 24.7 Å². The van der Waals surface area contributed by atoms with Crippen molar-refractivity contribution < 1.29 is 10.0 Å². The fourth-order valence-electron chi connectivity index (χ4n) is 2.69. The van der Waals surface area contributed by atoms with Crippen molar-refractivity contribution >= 4 is 11.7 Å². The summed E-state index contributed by atoms with van der Waals surface area (Å²) in [4.78, 5) is 14.3. The van der Waals surface area contributed by atoms with Crippen molar-refractivity contribution in [1.29, 1.82) is 0 Å². The molecule has 1 aliphatic rings. The minimum atomic E-state index is -0.504. The topological polar surface area (TPSA) is 78.9 Å². The molecule has 0 radical (unpaired) electrons. The first-order valence-electron chi connectivity index (χ1n) is 6.77. The molecule has 1 amide bonds. The Kier molecular flexibility index (Phi) is 5.44. The van der Waals surface area contributed by atoms with Crippen LogP contribution in [-0.4, -0.2) is 34.9 Å². The van der Waals surface area contributed by atoms with Crippen molar-refractivity contribution in [3.05, 3.63) is 0 Å². The molecule has 0 aliphatic carbocycles. The van der Waals surface area contributed by atoms with Crippen molar-refractivity contribution in [2.75, 3.05) is 13.1 Å². The Morgan fingerprint density at radius 2 is 2.22 bits per heavy atom. The number of carbonyl (C=O) groups excluding carboxylic acids is 1. The number of hydrogen-bond donors (Lipinski definition) is 2. The number of nitrogens with zero attached hydrogens (tertiary/aromatic N) is 2. The Bertz CT molecular complexity index is 315. The lowest BCUT2D eigenvalue weighted by molar-refractivity contribution is -0.133. The molecule has 0 spiro atoms. The quantitative estimate of drug-likeness (QED) is 0.339. The second-order valence-corrected chi connectivity index (χ2v) is 5.47. The van der Waals surface area contributed by atoms with Crippen LogP contribution in [0.1, 0.15) is 40.0 Å². The van der Waals surface area contributed by atoms with Gasteiger partial charge in [-0.15, -0.1) is 0 Å². The molecule has 1 heterocycles. The summed E-state index contributed by atoms with van der Waals surface area (Å²) >= 11 is 0. The average Bonchev–Trinajstić information content (AvgIpc) is 2.77. The maximum Gasteiger partial charge on any atom is 0.233 e. The first kappa shape index (κ1) is 14.8. The van der Waals surface area contributed by atoms with Crippen molar-refractivity contribution in [1.82, 2.24) is 4.90 Å². The predicted molar refractivity (Wildman–Crippen MR) is 71.3 cm³/mol. The van der Waals surface area contributed by atoms with E-state index in [9.17, 15) is 4.79 Å². The fraction of sp³-hybridized carbons (Fsp3) is 0.846. The number of hydrogen-bond acceptors (Lipinski definition) is 3. The molecule has 0 saturated carbocycles. The van der Waals surface area contributed by atoms with E-state index in [0.29, 0.717) is 5.92 Å². The Balaban J connectivity index is 2.68. The average molecular weight is 255 g/mol. The lowest BCUT2D eigenvalue weighted by atomic mass is 9.93. The number of amides is 1. The van der Waals surface area contributed by atoms with E-state index < -0.39 is 5.92 Å². The normalized spacial score (nSPS) is 22.6. The van der Waals surface area contributed by atoms with Crippen LogP contribution in [0.5, 0.6) is 0 Å². The summed E-state index contributed by atoms with van der Waals surface area (Å²) in [5.41, 5.74) is 5.63. The van der Waals surface area contributed by atoms with Gasteiger partial charge in [-0.25, -0.2) is 0 Å². The molecule has 18 heavy (non-hydrogen) atoms. The van der Waals surface area contributed by atoms with Gasteiger partial charge in [-0.2, -0.15) is 0 Å². The van der Waals surface area contributed by atoms with E-state index in [4.69, 9.17) is 10.9 Å². The van der Waals surface area contributed by atoms with Crippen LogP contribution in [0.4, 0.5) is 0 Å². The molecule has 0 aromatic rings. The SMILES string of the molecule is CCCC1CCN(C(=O)C(C(N)=NO)C(C)C)C1. The van der Waals surface area contributed by atoms with Crippen molar-refractivity contribution in [3.63, 3.8) is 0 Å². The Labute approximate surface area is 109 Å². The third kappa shape index (κ3) is 3.37. The highest BCUT2D eigenvalue weighted by molar-refractivity contribution is 6.02. The summed E-state index contributed by atoms with van der Waals surface area (Å²) in [6.07, 6.45) is 3.39. The number of likely N-dealkylation sites (tertiary alicyclic amines) is 1. The summed E-state index contributed by atoms with van der Waals surface area (Å²) in [6, 6.07) is 0. The molecular weight excluding hydrogens is 230 g/mol. The summed E-state index contributed by atoms with van der Waals surface area (Å²) < 4.78 is 0. The fourth-order valence-corrected chi connectivity index (χ4v) is 2.69. The van der Waals surface area contributed by atoms with Crippen molar-refractivity contribution in [3.8, 4) is 0 Å². The first-order chi connectivity index (χ1) is 8.51. The van der Waals surface area contributed by atoms with Gasteiger partial charge in [0.15, 0.2) is 5.84 Å². The molecule has 0 aromatic heterocycles. The predicted octanol–water partition coefficient (Wildman–Crippen LogP) is 1.65. The second kappa shape index (κ2) is 6.61. The van der Waals surface area contributed by atoms with Crippen LogP contribution in [0.25, 0.3) is 0 Å². The molecular formula is C13H25N3O2. The van der Waals surface area contributed by atoms with Crippen molar-refractivity contribution in [2.24, 2.45) is 28.6 Å². The van der Waals surface area contributed by atoms with E-state index in [-0.39, 0.29) is 17.7 Å². The zero-order valence-electron chi connectivity index (χ0n) is 11.6. The zero-order chi connectivity index (χ0) is 13.7. The molecule has 5 heteroatoms. The molecule has 1 aliphatic heterocycles. The summed E-state index contributed by atoms with van der Waals surface area (Å²) in [7, 11) is 0. The highest BCUT2D eigenvalue weighted by atomic mass is 16.4. The van der Waals surface area contributed by atoms with Crippen LogP contribution in [0.2, 0.25) is 0 Å². The molecule has 1 saturated heterocycles. The number of nitrogens with two attached hydrogens (primary N) is 1. The Hall–Kier alpha value is -1.26. The van der Waals surface area contributed by atoms with Crippen LogP contribution in [0.15, 0.2) is 5.16 Å². The lowest BCUT2D eigenvalue weighted by Gasteiger charge is -2.25. The van der Waals surface area contributed by atoms with E-state index in [1.165, 1.54) is 6.42 Å². The first-order valence-corrected chi connectivity index (χ1v) is 6.77. The maximum absolute atomic E-state index is 12.4. The van der Waals surface area contributed by atoms with E-state index in [0.717, 1.165) is 25.9 Å². The van der Waals surface area contributed by atoms with E-state index in [1.807, 2.05) is 18.7 Å². The largest absolute Gasteiger partial charge is 0.409 e. The van der Waals surface area contributed by atoms with E-state index >= 15 is 0 Å². The minimum Gasteiger partial charge on any atom is -0.409 e. The molecule has 0 aromatic carbocycles. The third-order valence-corrected chi connectivity index (χ3v) is 3.66. The number of rotatable bonds is 5. The molecule has 0 bridgehead atoms. The summed E-state index contributed by atoms with van der Waals surface area (Å²) in [5.74, 6) is 0.167. The van der Waals surface area contributed by atoms with Crippen LogP contribution >= 0.6 is 0 Å². The summed E-state index contributed by atoms with van der Waals surface area (Å²) in [5, 5.41) is 11.8. The van der Waals surface area contributed by atoms with Gasteiger partial charge in [0.05, 0.1) is 0 Å². The van der Waals surface area contributed by atoms with Gasteiger partial charge in [-0.1, -0.05) is 32.3 Å². The molecule has 1 rings (SSSR count). The number of carbonyl (C=O) groups is 1. The zero-order valence-corrected chi connectivity index (χ0v) is 11.6. The number of amidine groups is 1. The third-order valence-electron chi connectivity index (χ3n) is 3.66. The standard InChI is InChI=1S/C13H25N3O2/c1-4-5-10-6-7-16(8-10)13(17)11(9(2)3)12(14)15-18/h9-11,18H,4-8H2,1-3H3,(H2,14,15). The van der Waals surface area contributed by atoms with Gasteiger partial charge >= 0.3 is 0 Å². The van der Waals surface area contributed by atoms with Gasteiger partial charge in [0.2, 0.25) is 5.91 Å². The number of oxime groups is 1. The smallest absolute Gasteiger partial charge is 0.233 e. The second-order valence-electron chi connectivity index (χ2n) is 5.47. The van der Waals surface area contributed by atoms with Crippen LogP contribution in [0.3, 0.4) is 0 Å². The molecule has 1 fully saturated rings. The van der Waals surface area contributed by atoms with Crippen LogP contribution in [0, 0.1) is 17.8 Å². The molecule has 5 nitrogen and oxygen atoms in total. The van der Waals surface area contributed by atoms with Crippen LogP contribution < -0.4 is 5.73 Å². The van der Waals surface area contributed by atoms with Crippen molar-refractivity contribution in [2.45, 2.75) is 40.0 Å². The van der Waals surface area contributed by atoms with Gasteiger partial charge in [0.1, 0.15) is 5.92 Å². The maximum atomic E-state index is 12.4. The van der Waals surface area contributed by atoms with E-state index in [1.54, 1.807) is 0 Å². The summed E-state index contributed by atoms with van der Waals surface area (Å²) in [6.45, 7) is 7.61. The molecule has 2 unspecified atom stereocenters. The van der Waals surface area contributed by atoms with Gasteiger partial charge in [-0.3, -0.25) is 4.79 Å². The van der Waals surface area contributed by atoms with Gasteiger partial charge in [0, 0.05) is 13.1 Å². The van der Waals surface area contributed by atoms with Crippen LogP contribution in [-0.2, 0) is 4.79 Å². The van der Waals surface area contributed by atoms with E-state index in [2.05, 4.69) is 12.1 Å². The highest BCUT2D eigenvalue weighted by Crippen LogP contribution is 2.24. The molecule has 104 valence electrons. The lowest BCUT2D eigenvalue weighted by Crippen LogP contribution is -2.43. The minimum absolute atomic E-state index is 0.00102. The van der Waals surface area contributed by atoms with Gasteiger partial charge < -0.3 is 15.8 Å². The monoisotopic (exact) mass is 255 g/mol. The Morgan fingerprint density at radius 1 is 1.56 bits per heavy atom. The molecule has 2 atom stereocenters. The molecule has 3 N–H and O–H groups in total. The highest BCUT2D eigenvalue weighted by Gasteiger charge is 2.34.